The molecule has 0 amide bonds. The van der Waals surface area contributed by atoms with Gasteiger partial charge in [-0.05, 0) is 36.8 Å². The first kappa shape index (κ1) is 19.9. The van der Waals surface area contributed by atoms with Crippen molar-refractivity contribution in [3.63, 3.8) is 0 Å². The van der Waals surface area contributed by atoms with E-state index >= 15 is 0 Å². The largest absolute Gasteiger partial charge is 0.492 e. The van der Waals surface area contributed by atoms with Crippen molar-refractivity contribution < 1.29 is 9.26 Å². The maximum Gasteiger partial charge on any atom is 0.241 e. The lowest BCUT2D eigenvalue weighted by Crippen LogP contribution is -2.47. The van der Waals surface area contributed by atoms with Crippen LogP contribution in [0.5, 0.6) is 5.75 Å². The van der Waals surface area contributed by atoms with E-state index < -0.39 is 0 Å². The monoisotopic (exact) mass is 412 g/mol. The van der Waals surface area contributed by atoms with Gasteiger partial charge in [0.2, 0.25) is 11.7 Å². The van der Waals surface area contributed by atoms with Gasteiger partial charge in [-0.1, -0.05) is 41.0 Å². The molecule has 1 aliphatic rings. The van der Waals surface area contributed by atoms with E-state index in [4.69, 9.17) is 20.9 Å². The molecule has 29 heavy (non-hydrogen) atoms. The van der Waals surface area contributed by atoms with Crippen molar-refractivity contribution in [1.82, 2.24) is 19.9 Å². The van der Waals surface area contributed by atoms with Gasteiger partial charge in [-0.25, -0.2) is 0 Å². The highest BCUT2D eigenvalue weighted by Crippen LogP contribution is 2.20. The molecular formula is C22H25ClN4O2. The molecule has 0 radical (unpaired) electrons. The van der Waals surface area contributed by atoms with Crippen LogP contribution < -0.4 is 4.74 Å². The Balaban J connectivity index is 1.21. The second-order valence-electron chi connectivity index (χ2n) is 7.25. The molecule has 0 spiro atoms. The van der Waals surface area contributed by atoms with Crippen LogP contribution in [0.4, 0.5) is 0 Å². The Hall–Kier alpha value is -2.41. The first-order chi connectivity index (χ1) is 14.2. The molecule has 2 aromatic carbocycles. The third kappa shape index (κ3) is 5.35. The van der Waals surface area contributed by atoms with Gasteiger partial charge in [0.25, 0.3) is 0 Å². The molecule has 6 nitrogen and oxygen atoms in total. The zero-order valence-corrected chi connectivity index (χ0v) is 17.3. The van der Waals surface area contributed by atoms with Crippen LogP contribution in [0.3, 0.4) is 0 Å². The molecule has 0 unspecified atom stereocenters. The Labute approximate surface area is 176 Å². The number of rotatable bonds is 7. The second kappa shape index (κ2) is 9.39. The highest BCUT2D eigenvalue weighted by Gasteiger charge is 2.19. The summed E-state index contributed by atoms with van der Waals surface area (Å²) < 4.78 is 11.3. The van der Waals surface area contributed by atoms with E-state index in [1.165, 1.54) is 0 Å². The number of nitrogens with zero attached hydrogens (tertiary/aromatic N) is 4. The molecule has 4 rings (SSSR count). The fourth-order valence-electron chi connectivity index (χ4n) is 3.44. The van der Waals surface area contributed by atoms with E-state index in [1.807, 2.05) is 42.5 Å². The van der Waals surface area contributed by atoms with Crippen molar-refractivity contribution in [2.24, 2.45) is 0 Å². The van der Waals surface area contributed by atoms with Crippen molar-refractivity contribution in [3.8, 4) is 17.1 Å². The smallest absolute Gasteiger partial charge is 0.241 e. The van der Waals surface area contributed by atoms with Crippen molar-refractivity contribution in [1.29, 1.82) is 0 Å². The minimum Gasteiger partial charge on any atom is -0.492 e. The fourth-order valence-corrected chi connectivity index (χ4v) is 3.56. The summed E-state index contributed by atoms with van der Waals surface area (Å²) in [6.07, 6.45) is 0. The van der Waals surface area contributed by atoms with Crippen LogP contribution in [0, 0.1) is 6.92 Å². The van der Waals surface area contributed by atoms with Crippen LogP contribution in [0.25, 0.3) is 11.4 Å². The third-order valence-corrected chi connectivity index (χ3v) is 5.42. The van der Waals surface area contributed by atoms with Crippen molar-refractivity contribution in [2.75, 3.05) is 39.3 Å². The van der Waals surface area contributed by atoms with Crippen LogP contribution in [0.15, 0.2) is 53.1 Å². The highest BCUT2D eigenvalue weighted by atomic mass is 35.5. The molecule has 0 bridgehead atoms. The molecule has 1 saturated heterocycles. The molecule has 0 N–H and O–H groups in total. The van der Waals surface area contributed by atoms with Gasteiger partial charge >= 0.3 is 0 Å². The van der Waals surface area contributed by atoms with E-state index in [0.29, 0.717) is 24.9 Å². The zero-order chi connectivity index (χ0) is 20.1. The summed E-state index contributed by atoms with van der Waals surface area (Å²) >= 11 is 5.89. The zero-order valence-electron chi connectivity index (χ0n) is 16.6. The number of halogens is 1. The van der Waals surface area contributed by atoms with E-state index in [0.717, 1.165) is 54.6 Å². The van der Waals surface area contributed by atoms with Crippen LogP contribution in [-0.2, 0) is 6.54 Å². The van der Waals surface area contributed by atoms with Crippen LogP contribution in [0.1, 0.15) is 11.5 Å². The average Bonchev–Trinajstić information content (AvgIpc) is 3.19. The Morgan fingerprint density at radius 1 is 1.00 bits per heavy atom. The highest BCUT2D eigenvalue weighted by molar-refractivity contribution is 6.30. The summed E-state index contributed by atoms with van der Waals surface area (Å²) in [4.78, 5) is 9.35. The fraction of sp³-hybridized carbons (Fsp3) is 0.364. The Morgan fingerprint density at radius 3 is 2.48 bits per heavy atom. The summed E-state index contributed by atoms with van der Waals surface area (Å²) in [6, 6.07) is 15.6. The van der Waals surface area contributed by atoms with E-state index in [2.05, 4.69) is 32.9 Å². The van der Waals surface area contributed by atoms with Gasteiger partial charge < -0.3 is 9.26 Å². The van der Waals surface area contributed by atoms with E-state index in [9.17, 15) is 0 Å². The SMILES string of the molecule is Cc1ccccc1-c1noc(CN2CCN(CCOc3ccc(Cl)cc3)CC2)n1. The number of aromatic nitrogens is 2. The lowest BCUT2D eigenvalue weighted by molar-refractivity contribution is 0.104. The Kier molecular flexibility index (Phi) is 6.44. The third-order valence-electron chi connectivity index (χ3n) is 5.17. The molecule has 0 atom stereocenters. The van der Waals surface area contributed by atoms with Gasteiger partial charge in [0.15, 0.2) is 0 Å². The lowest BCUT2D eigenvalue weighted by Gasteiger charge is -2.33. The van der Waals surface area contributed by atoms with Crippen molar-refractivity contribution in [3.05, 3.63) is 65.0 Å². The Morgan fingerprint density at radius 2 is 1.72 bits per heavy atom. The molecule has 1 fully saturated rings. The summed E-state index contributed by atoms with van der Waals surface area (Å²) in [7, 11) is 0. The number of hydrogen-bond donors (Lipinski definition) is 0. The van der Waals surface area contributed by atoms with Gasteiger partial charge in [0.1, 0.15) is 12.4 Å². The van der Waals surface area contributed by atoms with Crippen molar-refractivity contribution in [2.45, 2.75) is 13.5 Å². The summed E-state index contributed by atoms with van der Waals surface area (Å²) in [6.45, 7) is 8.28. The molecule has 152 valence electrons. The first-order valence-electron chi connectivity index (χ1n) is 9.89. The molecular weight excluding hydrogens is 388 g/mol. The minimum atomic E-state index is 0.663. The van der Waals surface area contributed by atoms with E-state index in [1.54, 1.807) is 0 Å². The first-order valence-corrected chi connectivity index (χ1v) is 10.3. The number of aryl methyl sites for hydroxylation is 1. The molecule has 1 aromatic heterocycles. The standard InChI is InChI=1S/C22H25ClN4O2/c1-17-4-2-3-5-20(17)22-24-21(29-25-22)16-27-12-10-26(11-13-27)14-15-28-19-8-6-18(23)7-9-19/h2-9H,10-16H2,1H3. The number of ether oxygens (including phenoxy) is 1. The summed E-state index contributed by atoms with van der Waals surface area (Å²) in [5, 5.41) is 4.88. The normalized spacial score (nSPS) is 15.5. The quantitative estimate of drug-likeness (QED) is 0.586. The predicted octanol–water partition coefficient (Wildman–Crippen LogP) is 3.90. The molecule has 7 heteroatoms. The molecule has 2 heterocycles. The Bertz CT molecular complexity index is 921. The lowest BCUT2D eigenvalue weighted by atomic mass is 10.1. The molecule has 0 aliphatic carbocycles. The predicted molar refractivity (Wildman–Crippen MR) is 113 cm³/mol. The van der Waals surface area contributed by atoms with Crippen molar-refractivity contribution >= 4 is 11.6 Å². The topological polar surface area (TPSA) is 54.6 Å². The second-order valence-corrected chi connectivity index (χ2v) is 7.68. The molecule has 1 aliphatic heterocycles. The summed E-state index contributed by atoms with van der Waals surface area (Å²) in [5.41, 5.74) is 2.17. The van der Waals surface area contributed by atoms with Gasteiger partial charge in [-0.15, -0.1) is 0 Å². The van der Waals surface area contributed by atoms with Gasteiger partial charge in [-0.2, -0.15) is 4.98 Å². The van der Waals surface area contributed by atoms with Gasteiger partial charge in [-0.3, -0.25) is 9.80 Å². The number of piperazine rings is 1. The maximum atomic E-state index is 5.89. The van der Waals surface area contributed by atoms with Crippen LogP contribution >= 0.6 is 11.6 Å². The number of benzene rings is 2. The van der Waals surface area contributed by atoms with Gasteiger partial charge in [0, 0.05) is 43.3 Å². The van der Waals surface area contributed by atoms with Crippen LogP contribution in [-0.4, -0.2) is 59.3 Å². The molecule has 3 aromatic rings. The average molecular weight is 413 g/mol. The van der Waals surface area contributed by atoms with Crippen LogP contribution in [0.2, 0.25) is 5.02 Å². The number of hydrogen-bond acceptors (Lipinski definition) is 6. The van der Waals surface area contributed by atoms with Gasteiger partial charge in [0.05, 0.1) is 6.54 Å². The summed E-state index contributed by atoms with van der Waals surface area (Å²) in [5.74, 6) is 2.19. The molecule has 0 saturated carbocycles. The maximum absolute atomic E-state index is 5.89. The van der Waals surface area contributed by atoms with E-state index in [-0.39, 0.29) is 0 Å². The minimum absolute atomic E-state index is 0.663.